The third kappa shape index (κ3) is 11.1. The molecule has 0 bridgehead atoms. The second-order valence-electron chi connectivity index (χ2n) is 22.2. The molecule has 1 atom stereocenters. The number of likely N-dealkylation sites (N-methyl/N-ethyl adjacent to an activating group) is 1. The molecule has 3 aliphatic heterocycles. The van der Waals surface area contributed by atoms with Gasteiger partial charge in [0.25, 0.3) is 16.7 Å². The van der Waals surface area contributed by atoms with Crippen LogP contribution in [0.1, 0.15) is 24.0 Å². The van der Waals surface area contributed by atoms with Crippen LogP contribution in [0.2, 0.25) is 0 Å². The summed E-state index contributed by atoms with van der Waals surface area (Å²) in [4.78, 5) is 73.6. The average molecular weight is 1160 g/mol. The fraction of sp³-hybridized carbons (Fsp3) is 0.274. The Labute approximate surface area is 489 Å². The van der Waals surface area contributed by atoms with Gasteiger partial charge >= 0.3 is 0 Å². The molecule has 24 heteroatoms. The largest absolute Gasteiger partial charge is 0.368 e. The van der Waals surface area contributed by atoms with Gasteiger partial charge in [-0.25, -0.2) is 43.1 Å². The molecule has 86 heavy (non-hydrogen) atoms. The van der Waals surface area contributed by atoms with E-state index < -0.39 is 17.5 Å². The third-order valence-corrected chi connectivity index (χ3v) is 15.8. The summed E-state index contributed by atoms with van der Waals surface area (Å²) in [7, 11) is 2.11. The van der Waals surface area contributed by atoms with Gasteiger partial charge in [-0.3, -0.25) is 27.6 Å². The smallest absolute Gasteiger partial charge is 0.259 e. The lowest BCUT2D eigenvalue weighted by atomic mass is 10.1. The van der Waals surface area contributed by atoms with Gasteiger partial charge in [-0.1, -0.05) is 0 Å². The lowest BCUT2D eigenvalue weighted by Gasteiger charge is -2.34. The van der Waals surface area contributed by atoms with E-state index in [1.54, 1.807) is 71.3 Å². The molecule has 3 aliphatic rings. The third-order valence-electron chi connectivity index (χ3n) is 15.8. The summed E-state index contributed by atoms with van der Waals surface area (Å²) in [5, 5.41) is 6.71. The fourth-order valence-corrected chi connectivity index (χ4v) is 11.4. The maximum Gasteiger partial charge on any atom is 0.259 e. The van der Waals surface area contributed by atoms with E-state index >= 15 is 0 Å². The second kappa shape index (κ2) is 22.7. The molecule has 0 radical (unpaired) electrons. The zero-order valence-corrected chi connectivity index (χ0v) is 48.0. The standard InChI is InChI=1S/2C21H21FN6O.C20H19FN6O/c1-14-11-27-12-15(9-17(22)21(27)23-14)18-10-20(29)28-13-16(3-4-19(28)24-18)26-7-5-25(2)6-8-26;1-13-9-26(6-5-23-13)16-3-4-19-25-18(8-20(29)28(19)12-16)15-7-17(22)21-24-14(2)10-27(21)11-15;1-13-10-26-11-15(8-16(21)20(26)23-13)14-2-3-17-24-18(9-19(28)27(17)12-14)25-6-4-22-5-7-25/h3-4,9-13H,5-8H2,1-2H3;3-4,7-8,10-13,23H,5-6,9H2,1-2H3;2-3,8-12,22H,4-7H2,1H3/t;13-;/m.1./s1. The molecule has 3 fully saturated rings. The Bertz CT molecular complexity index is 4790. The number of fused-ring (bicyclic) bond motifs is 6. The zero-order chi connectivity index (χ0) is 59.5. The van der Waals surface area contributed by atoms with Gasteiger partial charge in [0.15, 0.2) is 34.4 Å². The van der Waals surface area contributed by atoms with Crippen molar-refractivity contribution in [2.24, 2.45) is 0 Å². The van der Waals surface area contributed by atoms with Gasteiger partial charge in [-0.2, -0.15) is 0 Å². The highest BCUT2D eigenvalue weighted by Gasteiger charge is 2.21. The molecule has 3 saturated heterocycles. The number of anilines is 3. The Balaban J connectivity index is 0.000000120. The van der Waals surface area contributed by atoms with Crippen LogP contribution in [0.5, 0.6) is 0 Å². The zero-order valence-electron chi connectivity index (χ0n) is 48.0. The number of nitrogens with zero attached hydrogens (tertiary/aromatic N) is 16. The van der Waals surface area contributed by atoms with E-state index in [9.17, 15) is 27.6 Å². The molecule has 12 aromatic heterocycles. The summed E-state index contributed by atoms with van der Waals surface area (Å²) in [6, 6.07) is 20.3. The van der Waals surface area contributed by atoms with Crippen LogP contribution < -0.4 is 42.0 Å². The molecule has 438 valence electrons. The molecule has 21 nitrogen and oxygen atoms in total. The predicted molar refractivity (Wildman–Crippen MR) is 325 cm³/mol. The van der Waals surface area contributed by atoms with E-state index in [-0.39, 0.29) is 28.0 Å². The van der Waals surface area contributed by atoms with Crippen molar-refractivity contribution in [3.8, 4) is 33.6 Å². The fourth-order valence-electron chi connectivity index (χ4n) is 11.4. The van der Waals surface area contributed by atoms with Crippen LogP contribution in [0.4, 0.5) is 30.4 Å². The molecule has 15 rings (SSSR count). The lowest BCUT2D eigenvalue weighted by Crippen LogP contribution is -2.49. The first-order valence-corrected chi connectivity index (χ1v) is 28.5. The Morgan fingerprint density at radius 3 is 1.43 bits per heavy atom. The molecule has 2 N–H and O–H groups in total. The van der Waals surface area contributed by atoms with Crippen LogP contribution in [0.3, 0.4) is 0 Å². The van der Waals surface area contributed by atoms with Crippen molar-refractivity contribution < 1.29 is 13.2 Å². The van der Waals surface area contributed by atoms with Gasteiger partial charge in [0.1, 0.15) is 22.8 Å². The minimum Gasteiger partial charge on any atom is -0.368 e. The van der Waals surface area contributed by atoms with Crippen LogP contribution >= 0.6 is 0 Å². The molecule has 0 amide bonds. The van der Waals surface area contributed by atoms with E-state index in [1.165, 1.54) is 34.7 Å². The quantitative estimate of drug-likeness (QED) is 0.188. The summed E-state index contributed by atoms with van der Waals surface area (Å²) in [5.74, 6) is -0.588. The van der Waals surface area contributed by atoms with Crippen LogP contribution in [-0.4, -0.2) is 146 Å². The van der Waals surface area contributed by atoms with Crippen molar-refractivity contribution in [2.45, 2.75) is 33.7 Å². The summed E-state index contributed by atoms with van der Waals surface area (Å²) >= 11 is 0. The van der Waals surface area contributed by atoms with Crippen molar-refractivity contribution in [1.82, 2.24) is 71.8 Å². The van der Waals surface area contributed by atoms with E-state index in [0.717, 1.165) is 106 Å². The number of rotatable bonds is 6. The van der Waals surface area contributed by atoms with Gasteiger partial charge in [0, 0.05) is 174 Å². The highest BCUT2D eigenvalue weighted by atomic mass is 19.1. The molecule has 12 aromatic rings. The first-order valence-electron chi connectivity index (χ1n) is 28.5. The molecule has 0 unspecified atom stereocenters. The SMILES string of the molecule is Cc1cn2cc(-c3cc(=O)n4cc(N5CCN(C)CC5)ccc4n3)cc(F)c2n1.Cc1cn2cc(-c3cc(=O)n4cc(N5CCN[C@H](C)C5)ccc4n3)cc(F)c2n1.Cc1cn2cc(-c3ccc4nc(N5CCNCC5)cc(=O)n4c3)cc(F)c2n1. The summed E-state index contributed by atoms with van der Waals surface area (Å²) in [5.41, 5.74) is 9.46. The van der Waals surface area contributed by atoms with Gasteiger partial charge in [-0.15, -0.1) is 0 Å². The van der Waals surface area contributed by atoms with Crippen molar-refractivity contribution in [2.75, 3.05) is 93.7 Å². The number of piperazine rings is 3. The molecule has 0 saturated carbocycles. The summed E-state index contributed by atoms with van der Waals surface area (Å²) in [6.07, 6.45) is 15.9. The Kier molecular flexibility index (Phi) is 14.6. The van der Waals surface area contributed by atoms with Crippen LogP contribution in [-0.2, 0) is 0 Å². The summed E-state index contributed by atoms with van der Waals surface area (Å²) < 4.78 is 52.8. The topological polar surface area (TPSA) is 192 Å². The molecule has 0 aromatic carbocycles. The van der Waals surface area contributed by atoms with Crippen LogP contribution in [0, 0.1) is 38.2 Å². The minimum absolute atomic E-state index is 0.152. The number of imidazole rings is 3. The van der Waals surface area contributed by atoms with Crippen molar-refractivity contribution in [1.29, 1.82) is 0 Å². The lowest BCUT2D eigenvalue weighted by molar-refractivity contribution is 0.313. The molecule has 0 aliphatic carbocycles. The number of halogens is 3. The molecule has 15 heterocycles. The van der Waals surface area contributed by atoms with E-state index in [0.29, 0.717) is 62.5 Å². The van der Waals surface area contributed by atoms with Crippen LogP contribution in [0.25, 0.3) is 67.5 Å². The Morgan fingerprint density at radius 1 is 0.442 bits per heavy atom. The first kappa shape index (κ1) is 55.4. The number of aromatic nitrogens is 12. The normalized spacial score (nSPS) is 15.9. The second-order valence-corrected chi connectivity index (χ2v) is 22.2. The number of hydrogen-bond donors (Lipinski definition) is 2. The van der Waals surface area contributed by atoms with Gasteiger partial charge < -0.3 is 43.4 Å². The summed E-state index contributed by atoms with van der Waals surface area (Å²) in [6.45, 7) is 17.5. The number of pyridine rings is 6. The first-order chi connectivity index (χ1) is 41.5. The maximum atomic E-state index is 14.4. The van der Waals surface area contributed by atoms with Crippen molar-refractivity contribution in [3.05, 3.63) is 194 Å². The van der Waals surface area contributed by atoms with E-state index in [4.69, 9.17) is 0 Å². The van der Waals surface area contributed by atoms with Gasteiger partial charge in [0.2, 0.25) is 0 Å². The average Bonchev–Trinajstić information content (AvgIpc) is 1.91. The van der Waals surface area contributed by atoms with Crippen molar-refractivity contribution >= 4 is 51.1 Å². The Hall–Kier alpha value is -9.78. The number of nitrogens with one attached hydrogen (secondary N) is 2. The molecular weight excluding hydrogens is 1100 g/mol. The van der Waals surface area contributed by atoms with Crippen LogP contribution in [0.15, 0.2) is 143 Å². The van der Waals surface area contributed by atoms with E-state index in [2.05, 4.69) is 74.1 Å². The Morgan fingerprint density at radius 2 is 0.895 bits per heavy atom. The highest BCUT2D eigenvalue weighted by Crippen LogP contribution is 2.27. The van der Waals surface area contributed by atoms with Gasteiger partial charge in [0.05, 0.1) is 39.8 Å². The molecular formula is C62H61F3N18O3. The van der Waals surface area contributed by atoms with E-state index in [1.807, 2.05) is 69.7 Å². The number of hydrogen-bond acceptors (Lipinski definition) is 15. The maximum absolute atomic E-state index is 14.4. The monoisotopic (exact) mass is 1160 g/mol. The molecule has 0 spiro atoms. The van der Waals surface area contributed by atoms with Gasteiger partial charge in [-0.05, 0) is 89.3 Å². The minimum atomic E-state index is -0.444. The van der Waals surface area contributed by atoms with Crippen molar-refractivity contribution in [3.63, 3.8) is 0 Å². The predicted octanol–water partition coefficient (Wildman–Crippen LogP) is 6.33. The number of aryl methyl sites for hydroxylation is 3. The highest BCUT2D eigenvalue weighted by molar-refractivity contribution is 5.68.